The summed E-state index contributed by atoms with van der Waals surface area (Å²) in [6, 6.07) is 9.62. The van der Waals surface area contributed by atoms with Crippen LogP contribution in [0.3, 0.4) is 0 Å². The third-order valence-corrected chi connectivity index (χ3v) is 6.22. The number of hydrogen-bond donors (Lipinski definition) is 3. The number of alkyl halides is 2. The van der Waals surface area contributed by atoms with Crippen LogP contribution in [0.15, 0.2) is 36.4 Å². The summed E-state index contributed by atoms with van der Waals surface area (Å²) >= 11 is 0. The quantitative estimate of drug-likeness (QED) is 0.362. The molecule has 3 atom stereocenters. The molecule has 2 heterocycles. The van der Waals surface area contributed by atoms with Crippen molar-refractivity contribution in [3.63, 3.8) is 0 Å². The number of benzene rings is 2. The van der Waals surface area contributed by atoms with Crippen molar-refractivity contribution in [2.24, 2.45) is 0 Å². The number of fused-ring (bicyclic) bond motifs is 2. The van der Waals surface area contributed by atoms with Crippen LogP contribution < -0.4 is 20.9 Å². The number of aliphatic hydroxyl groups is 1. The van der Waals surface area contributed by atoms with Gasteiger partial charge in [0.25, 0.3) is 0 Å². The SMILES string of the molecule is CC(CF)N1C(=O)Cc2cc(N)ccc21.COC(=O)[C@H](O)CNc1ccc2c(c1)CC(=O)N2C(C)CF. The van der Waals surface area contributed by atoms with Crippen LogP contribution in [0, 0.1) is 0 Å². The lowest BCUT2D eigenvalue weighted by Crippen LogP contribution is -2.37. The van der Waals surface area contributed by atoms with Gasteiger partial charge in [-0.3, -0.25) is 9.59 Å². The Labute approximate surface area is 214 Å². The molecule has 2 aliphatic heterocycles. The molecule has 200 valence electrons. The van der Waals surface area contributed by atoms with E-state index in [1.165, 1.54) is 16.9 Å². The van der Waals surface area contributed by atoms with Gasteiger partial charge >= 0.3 is 5.97 Å². The van der Waals surface area contributed by atoms with Gasteiger partial charge in [0.2, 0.25) is 11.8 Å². The third kappa shape index (κ3) is 6.16. The summed E-state index contributed by atoms with van der Waals surface area (Å²) in [4.78, 5) is 37.7. The van der Waals surface area contributed by atoms with Crippen LogP contribution in [0.25, 0.3) is 0 Å². The molecule has 9 nitrogen and oxygen atoms in total. The van der Waals surface area contributed by atoms with Gasteiger partial charge < -0.3 is 30.7 Å². The van der Waals surface area contributed by atoms with Crippen LogP contribution >= 0.6 is 0 Å². The average molecular weight is 519 g/mol. The van der Waals surface area contributed by atoms with E-state index in [-0.39, 0.29) is 24.8 Å². The molecule has 2 amide bonds. The number of amides is 2. The number of methoxy groups -OCH3 is 1. The Kier molecular flexibility index (Phi) is 9.04. The summed E-state index contributed by atoms with van der Waals surface area (Å²) in [5.41, 5.74) is 10.1. The molecule has 37 heavy (non-hydrogen) atoms. The Bertz CT molecular complexity index is 1160. The second-order valence-electron chi connectivity index (χ2n) is 9.04. The van der Waals surface area contributed by atoms with E-state index in [0.29, 0.717) is 23.5 Å². The molecule has 0 spiro atoms. The predicted octanol–water partition coefficient (Wildman–Crippen LogP) is 2.40. The molecule has 2 unspecified atom stereocenters. The Morgan fingerprint density at radius 2 is 1.51 bits per heavy atom. The summed E-state index contributed by atoms with van der Waals surface area (Å²) in [6.07, 6.45) is -0.720. The van der Waals surface area contributed by atoms with E-state index in [0.717, 1.165) is 16.8 Å². The maximum Gasteiger partial charge on any atom is 0.336 e. The minimum Gasteiger partial charge on any atom is -0.467 e. The highest BCUT2D eigenvalue weighted by atomic mass is 19.1. The van der Waals surface area contributed by atoms with Crippen molar-refractivity contribution >= 4 is 40.5 Å². The smallest absolute Gasteiger partial charge is 0.336 e. The standard InChI is InChI=1S/C15H19FN2O4.C11H13FN2O/c1-9(7-16)18-12-4-3-11(5-10(12)6-14(18)20)17-8-13(19)15(21)22-2;1-7(6-12)14-10-3-2-9(13)4-8(10)5-11(14)15/h3-5,9,13,17,19H,6-8H2,1-2H3;2-4,7H,5-6,13H2,1H3/t9?,13-;/m1./s1. The Balaban J connectivity index is 0.000000220. The summed E-state index contributed by atoms with van der Waals surface area (Å²) in [7, 11) is 1.20. The maximum atomic E-state index is 12.8. The maximum absolute atomic E-state index is 12.8. The highest BCUT2D eigenvalue weighted by Gasteiger charge is 2.32. The highest BCUT2D eigenvalue weighted by Crippen LogP contribution is 2.33. The number of esters is 1. The molecule has 2 aromatic carbocycles. The van der Waals surface area contributed by atoms with Crippen molar-refractivity contribution < 1.29 is 33.0 Å². The molecule has 0 saturated carbocycles. The van der Waals surface area contributed by atoms with Crippen LogP contribution in [0.1, 0.15) is 25.0 Å². The highest BCUT2D eigenvalue weighted by molar-refractivity contribution is 6.03. The predicted molar refractivity (Wildman–Crippen MR) is 137 cm³/mol. The van der Waals surface area contributed by atoms with Gasteiger partial charge in [0.05, 0.1) is 38.6 Å². The normalized spacial score (nSPS) is 16.4. The number of nitrogens with one attached hydrogen (secondary N) is 1. The van der Waals surface area contributed by atoms with Gasteiger partial charge in [-0.1, -0.05) is 0 Å². The average Bonchev–Trinajstić information content (AvgIpc) is 3.39. The number of anilines is 4. The zero-order chi connectivity index (χ0) is 27.3. The molecule has 0 aliphatic carbocycles. The van der Waals surface area contributed by atoms with Crippen LogP contribution in [0.5, 0.6) is 0 Å². The molecule has 2 aliphatic rings. The zero-order valence-corrected chi connectivity index (χ0v) is 21.0. The van der Waals surface area contributed by atoms with Gasteiger partial charge in [-0.05, 0) is 61.4 Å². The van der Waals surface area contributed by atoms with Crippen LogP contribution in [0.2, 0.25) is 0 Å². The monoisotopic (exact) mass is 518 g/mol. The molecule has 0 fully saturated rings. The summed E-state index contributed by atoms with van der Waals surface area (Å²) in [5.74, 6) is -0.903. The fourth-order valence-electron chi connectivity index (χ4n) is 4.36. The molecular formula is C26H32F2N4O5. The molecule has 11 heteroatoms. The van der Waals surface area contributed by atoms with Crippen molar-refractivity contribution in [1.29, 1.82) is 0 Å². The minimum atomic E-state index is -1.26. The number of rotatable bonds is 8. The lowest BCUT2D eigenvalue weighted by Gasteiger charge is -2.23. The van der Waals surface area contributed by atoms with Crippen molar-refractivity contribution in [2.75, 3.05) is 47.9 Å². The molecule has 0 aromatic heterocycles. The number of carbonyl (C=O) groups excluding carboxylic acids is 3. The number of carbonyl (C=O) groups is 3. The van der Waals surface area contributed by atoms with Gasteiger partial charge in [0.15, 0.2) is 6.10 Å². The van der Waals surface area contributed by atoms with Gasteiger partial charge in [0, 0.05) is 22.7 Å². The van der Waals surface area contributed by atoms with E-state index in [1.807, 2.05) is 0 Å². The number of aliphatic hydroxyl groups excluding tert-OH is 1. The van der Waals surface area contributed by atoms with Crippen LogP contribution in [-0.4, -0.2) is 68.1 Å². The topological polar surface area (TPSA) is 125 Å². The van der Waals surface area contributed by atoms with E-state index in [2.05, 4.69) is 10.1 Å². The summed E-state index contributed by atoms with van der Waals surface area (Å²) < 4.78 is 29.8. The molecule has 0 bridgehead atoms. The first-order valence-corrected chi connectivity index (χ1v) is 11.9. The Morgan fingerprint density at radius 3 is 2.03 bits per heavy atom. The first kappa shape index (κ1) is 27.9. The number of nitrogens with zero attached hydrogens (tertiary/aromatic N) is 2. The summed E-state index contributed by atoms with van der Waals surface area (Å²) in [6.45, 7) is 2.23. The number of nitrogens with two attached hydrogens (primary N) is 1. The van der Waals surface area contributed by atoms with Crippen LogP contribution in [0.4, 0.5) is 31.5 Å². The largest absolute Gasteiger partial charge is 0.467 e. The minimum absolute atomic E-state index is 0.00397. The van der Waals surface area contributed by atoms with Crippen molar-refractivity contribution in [3.05, 3.63) is 47.5 Å². The molecule has 0 saturated heterocycles. The van der Waals surface area contributed by atoms with E-state index >= 15 is 0 Å². The molecule has 0 radical (unpaired) electrons. The number of halogens is 2. The number of ether oxygens (including phenoxy) is 1. The fourth-order valence-corrected chi connectivity index (χ4v) is 4.36. The molecule has 4 N–H and O–H groups in total. The first-order chi connectivity index (χ1) is 17.6. The van der Waals surface area contributed by atoms with E-state index < -0.39 is 37.5 Å². The first-order valence-electron chi connectivity index (χ1n) is 11.9. The van der Waals surface area contributed by atoms with E-state index in [1.54, 1.807) is 50.2 Å². The van der Waals surface area contributed by atoms with Crippen LogP contribution in [-0.2, 0) is 32.0 Å². The third-order valence-electron chi connectivity index (χ3n) is 6.22. The van der Waals surface area contributed by atoms with Gasteiger partial charge in [-0.25, -0.2) is 13.6 Å². The second kappa shape index (κ2) is 12.0. The lowest BCUT2D eigenvalue weighted by atomic mass is 10.1. The van der Waals surface area contributed by atoms with Crippen molar-refractivity contribution in [1.82, 2.24) is 0 Å². The Morgan fingerprint density at radius 1 is 1.00 bits per heavy atom. The van der Waals surface area contributed by atoms with Crippen molar-refractivity contribution in [2.45, 2.75) is 44.9 Å². The van der Waals surface area contributed by atoms with Gasteiger partial charge in [-0.2, -0.15) is 0 Å². The summed E-state index contributed by atoms with van der Waals surface area (Å²) in [5, 5.41) is 12.4. The van der Waals surface area contributed by atoms with Gasteiger partial charge in [0.1, 0.15) is 13.3 Å². The van der Waals surface area contributed by atoms with Gasteiger partial charge in [-0.15, -0.1) is 0 Å². The molecule has 4 rings (SSSR count). The fraction of sp³-hybridized carbons (Fsp3) is 0.423. The van der Waals surface area contributed by atoms with E-state index in [9.17, 15) is 28.3 Å². The Hall–Kier alpha value is -3.73. The lowest BCUT2D eigenvalue weighted by molar-refractivity contribution is -0.149. The molecule has 2 aromatic rings. The van der Waals surface area contributed by atoms with Crippen molar-refractivity contribution in [3.8, 4) is 0 Å². The molecular weight excluding hydrogens is 486 g/mol. The number of hydrogen-bond acceptors (Lipinski definition) is 7. The zero-order valence-electron chi connectivity index (χ0n) is 21.0. The van der Waals surface area contributed by atoms with E-state index in [4.69, 9.17) is 5.73 Å². The number of nitrogen functional groups attached to an aromatic ring is 1. The second-order valence-corrected chi connectivity index (χ2v) is 9.04.